The van der Waals surface area contributed by atoms with Gasteiger partial charge in [-0.1, -0.05) is 0 Å². The highest BCUT2D eigenvalue weighted by Crippen LogP contribution is 2.23. The van der Waals surface area contributed by atoms with E-state index in [0.717, 1.165) is 31.8 Å². The summed E-state index contributed by atoms with van der Waals surface area (Å²) < 4.78 is 1.51. The molecule has 6 heteroatoms. The molecular formula is C7H12IN5. The van der Waals surface area contributed by atoms with Crippen LogP contribution in [-0.4, -0.2) is 43.5 Å². The molecule has 1 saturated heterocycles. The Labute approximate surface area is 91.0 Å². The first-order valence-electron chi connectivity index (χ1n) is 4.40. The van der Waals surface area contributed by atoms with E-state index in [4.69, 9.17) is 0 Å². The SMILES string of the molecule is CN1CCC(c2nnn(I)n2)CC1. The average Bonchev–Trinajstić information content (AvgIpc) is 2.53. The van der Waals surface area contributed by atoms with Crippen LogP contribution in [0.1, 0.15) is 24.6 Å². The predicted octanol–water partition coefficient (Wildman–Crippen LogP) is 0.680. The molecule has 5 nitrogen and oxygen atoms in total. The summed E-state index contributed by atoms with van der Waals surface area (Å²) >= 11 is 2.02. The summed E-state index contributed by atoms with van der Waals surface area (Å²) in [5.41, 5.74) is 0. The van der Waals surface area contributed by atoms with E-state index in [1.165, 1.54) is 3.01 Å². The molecule has 13 heavy (non-hydrogen) atoms. The predicted molar refractivity (Wildman–Crippen MR) is 56.7 cm³/mol. The van der Waals surface area contributed by atoms with Gasteiger partial charge in [-0.05, 0) is 38.2 Å². The molecule has 1 aromatic rings. The smallest absolute Gasteiger partial charge is 0.178 e. The van der Waals surface area contributed by atoms with Crippen molar-refractivity contribution in [2.24, 2.45) is 0 Å². The van der Waals surface area contributed by atoms with Crippen molar-refractivity contribution in [3.63, 3.8) is 0 Å². The van der Waals surface area contributed by atoms with Crippen molar-refractivity contribution in [1.29, 1.82) is 0 Å². The number of hydrogen-bond donors (Lipinski definition) is 0. The molecular weight excluding hydrogens is 281 g/mol. The molecule has 1 aliphatic heterocycles. The summed E-state index contributed by atoms with van der Waals surface area (Å²) in [5, 5.41) is 12.1. The number of piperidine rings is 1. The molecule has 0 amide bonds. The number of rotatable bonds is 1. The van der Waals surface area contributed by atoms with Crippen molar-refractivity contribution in [1.82, 2.24) is 23.3 Å². The molecule has 0 unspecified atom stereocenters. The van der Waals surface area contributed by atoms with Gasteiger partial charge in [0.25, 0.3) is 0 Å². The third-order valence-electron chi connectivity index (χ3n) is 2.49. The Morgan fingerprint density at radius 3 is 2.62 bits per heavy atom. The summed E-state index contributed by atoms with van der Waals surface area (Å²) in [4.78, 5) is 2.34. The van der Waals surface area contributed by atoms with Crippen LogP contribution in [0, 0.1) is 0 Å². The van der Waals surface area contributed by atoms with E-state index in [2.05, 4.69) is 27.4 Å². The monoisotopic (exact) mass is 293 g/mol. The fourth-order valence-electron chi connectivity index (χ4n) is 1.64. The fraction of sp³-hybridized carbons (Fsp3) is 0.857. The third-order valence-corrected chi connectivity index (χ3v) is 2.90. The van der Waals surface area contributed by atoms with Crippen LogP contribution in [0.2, 0.25) is 0 Å². The van der Waals surface area contributed by atoms with Crippen LogP contribution in [0.15, 0.2) is 0 Å². The summed E-state index contributed by atoms with van der Waals surface area (Å²) in [7, 11) is 2.15. The molecule has 0 aliphatic carbocycles. The van der Waals surface area contributed by atoms with Crippen LogP contribution in [0.5, 0.6) is 0 Å². The normalized spacial score (nSPS) is 20.8. The lowest BCUT2D eigenvalue weighted by atomic mass is 9.97. The van der Waals surface area contributed by atoms with Crippen LogP contribution >= 0.6 is 22.9 Å². The van der Waals surface area contributed by atoms with Crippen molar-refractivity contribution >= 4 is 22.9 Å². The van der Waals surface area contributed by atoms with Gasteiger partial charge in [0, 0.05) is 5.92 Å². The van der Waals surface area contributed by atoms with Crippen LogP contribution in [0.25, 0.3) is 0 Å². The lowest BCUT2D eigenvalue weighted by Gasteiger charge is -2.26. The first-order chi connectivity index (χ1) is 6.25. The molecule has 0 N–H and O–H groups in total. The topological polar surface area (TPSA) is 46.8 Å². The lowest BCUT2D eigenvalue weighted by molar-refractivity contribution is 0.251. The fourth-order valence-corrected chi connectivity index (χ4v) is 1.95. The first-order valence-corrected chi connectivity index (χ1v) is 5.37. The molecule has 0 aromatic carbocycles. The van der Waals surface area contributed by atoms with Gasteiger partial charge in [0.2, 0.25) is 0 Å². The van der Waals surface area contributed by atoms with Crippen LogP contribution in [0.4, 0.5) is 0 Å². The van der Waals surface area contributed by atoms with Crippen LogP contribution in [0.3, 0.4) is 0 Å². The lowest BCUT2D eigenvalue weighted by Crippen LogP contribution is -2.29. The second kappa shape index (κ2) is 3.87. The maximum atomic E-state index is 4.22. The Kier molecular flexibility index (Phi) is 2.77. The van der Waals surface area contributed by atoms with Gasteiger partial charge in [-0.2, -0.15) is 0 Å². The summed E-state index contributed by atoms with van der Waals surface area (Å²) in [6, 6.07) is 0. The number of hydrogen-bond acceptors (Lipinski definition) is 4. The van der Waals surface area contributed by atoms with Gasteiger partial charge in [0.1, 0.15) is 22.9 Å². The Hall–Kier alpha value is -0.240. The average molecular weight is 293 g/mol. The second-order valence-electron chi connectivity index (χ2n) is 3.47. The Bertz CT molecular complexity index is 278. The molecule has 2 heterocycles. The van der Waals surface area contributed by atoms with E-state index >= 15 is 0 Å². The highest BCUT2D eigenvalue weighted by molar-refractivity contribution is 14.1. The molecule has 1 aromatic heterocycles. The molecule has 0 bridgehead atoms. The van der Waals surface area contributed by atoms with Crippen molar-refractivity contribution in [3.05, 3.63) is 5.82 Å². The third kappa shape index (κ3) is 2.16. The Morgan fingerprint density at radius 2 is 2.08 bits per heavy atom. The zero-order chi connectivity index (χ0) is 9.26. The van der Waals surface area contributed by atoms with Crippen molar-refractivity contribution < 1.29 is 0 Å². The zero-order valence-electron chi connectivity index (χ0n) is 7.52. The van der Waals surface area contributed by atoms with Gasteiger partial charge in [-0.25, -0.2) is 0 Å². The molecule has 0 radical (unpaired) electrons. The first kappa shape index (κ1) is 9.32. The molecule has 1 fully saturated rings. The number of nitrogens with zero attached hydrogens (tertiary/aromatic N) is 5. The van der Waals surface area contributed by atoms with Gasteiger partial charge in [-0.15, -0.1) is 13.2 Å². The number of aromatic nitrogens is 4. The molecule has 1 aliphatic rings. The maximum absolute atomic E-state index is 4.22. The molecule has 2 rings (SSSR count). The quantitative estimate of drug-likeness (QED) is 0.714. The largest absolute Gasteiger partial charge is 0.306 e. The minimum absolute atomic E-state index is 0.514. The van der Waals surface area contributed by atoms with Gasteiger partial charge in [0.15, 0.2) is 5.82 Å². The molecule has 72 valence electrons. The van der Waals surface area contributed by atoms with E-state index < -0.39 is 0 Å². The minimum atomic E-state index is 0.514. The van der Waals surface area contributed by atoms with E-state index in [-0.39, 0.29) is 0 Å². The highest BCUT2D eigenvalue weighted by atomic mass is 127. The molecule has 0 atom stereocenters. The molecule has 0 saturated carbocycles. The minimum Gasteiger partial charge on any atom is -0.306 e. The van der Waals surface area contributed by atoms with Crippen molar-refractivity contribution in [2.45, 2.75) is 18.8 Å². The number of likely N-dealkylation sites (tertiary alicyclic amines) is 1. The summed E-state index contributed by atoms with van der Waals surface area (Å²) in [5.74, 6) is 1.42. The van der Waals surface area contributed by atoms with Crippen LogP contribution < -0.4 is 0 Å². The summed E-state index contributed by atoms with van der Waals surface area (Å²) in [6.07, 6.45) is 2.30. The van der Waals surface area contributed by atoms with E-state index in [9.17, 15) is 0 Å². The number of halogens is 1. The van der Waals surface area contributed by atoms with Gasteiger partial charge >= 0.3 is 0 Å². The van der Waals surface area contributed by atoms with Crippen LogP contribution in [-0.2, 0) is 0 Å². The van der Waals surface area contributed by atoms with E-state index in [1.54, 1.807) is 0 Å². The maximum Gasteiger partial charge on any atom is 0.178 e. The highest BCUT2D eigenvalue weighted by Gasteiger charge is 2.21. The van der Waals surface area contributed by atoms with E-state index in [0.29, 0.717) is 5.92 Å². The molecule has 0 spiro atoms. The van der Waals surface area contributed by atoms with Gasteiger partial charge in [0.05, 0.1) is 0 Å². The number of tetrazole rings is 1. The van der Waals surface area contributed by atoms with Gasteiger partial charge in [-0.3, -0.25) is 0 Å². The zero-order valence-corrected chi connectivity index (χ0v) is 9.68. The van der Waals surface area contributed by atoms with Crippen molar-refractivity contribution in [3.8, 4) is 0 Å². The van der Waals surface area contributed by atoms with Gasteiger partial charge < -0.3 is 4.90 Å². The van der Waals surface area contributed by atoms with Crippen molar-refractivity contribution in [2.75, 3.05) is 20.1 Å². The standard InChI is InChI=1S/C7H12IN5/c1-12-4-2-6(3-5-12)7-9-11-13(8)10-7/h6H,2-5H2,1H3. The summed E-state index contributed by atoms with van der Waals surface area (Å²) in [6.45, 7) is 2.28. The second-order valence-corrected chi connectivity index (χ2v) is 4.33. The Balaban J connectivity index is 2.02. The van der Waals surface area contributed by atoms with E-state index in [1.807, 2.05) is 22.9 Å². The Morgan fingerprint density at radius 1 is 1.38 bits per heavy atom.